The average molecular weight is 563 g/mol. The average Bonchev–Trinajstić information content (AvgIpc) is 2.84. The fraction of sp³-hybridized carbons (Fsp3) is 0.130. The summed E-state index contributed by atoms with van der Waals surface area (Å²) >= 11 is 0. The first-order valence-corrected chi connectivity index (χ1v) is 13.7. The number of azo groups is 1. The topological polar surface area (TPSA) is 215 Å². The van der Waals surface area contributed by atoms with Crippen molar-refractivity contribution in [3.05, 3.63) is 77.4 Å². The molecule has 38 heavy (non-hydrogen) atoms. The number of anilines is 2. The Morgan fingerprint density at radius 1 is 0.974 bits per heavy atom. The van der Waals surface area contributed by atoms with Crippen LogP contribution in [0, 0.1) is 6.92 Å². The highest BCUT2D eigenvalue weighted by Gasteiger charge is 2.18. The number of benzene rings is 3. The summed E-state index contributed by atoms with van der Waals surface area (Å²) in [5.74, 6) is -2.65. The molecule has 0 saturated carbocycles. The van der Waals surface area contributed by atoms with Crippen LogP contribution in [-0.4, -0.2) is 50.7 Å². The molecule has 0 aliphatic carbocycles. The van der Waals surface area contributed by atoms with Gasteiger partial charge in [0.25, 0.3) is 5.91 Å². The van der Waals surface area contributed by atoms with Gasteiger partial charge in [-0.1, -0.05) is 12.1 Å². The van der Waals surface area contributed by atoms with E-state index in [4.69, 9.17) is 10.3 Å². The zero-order valence-electron chi connectivity index (χ0n) is 19.7. The number of carboxylic acid groups (broad SMARTS) is 1. The Hall–Kier alpha value is -4.18. The lowest BCUT2D eigenvalue weighted by Gasteiger charge is -2.12. The van der Waals surface area contributed by atoms with E-state index in [-0.39, 0.29) is 33.1 Å². The first kappa shape index (κ1) is 28.4. The van der Waals surface area contributed by atoms with E-state index in [2.05, 4.69) is 19.7 Å². The Morgan fingerprint density at radius 2 is 1.61 bits per heavy atom. The largest absolute Gasteiger partial charge is 0.478 e. The lowest BCUT2D eigenvalue weighted by molar-refractivity contribution is 0.0692. The molecule has 0 saturated heterocycles. The number of rotatable bonds is 10. The van der Waals surface area contributed by atoms with Gasteiger partial charge < -0.3 is 16.2 Å². The van der Waals surface area contributed by atoms with Crippen molar-refractivity contribution in [2.24, 2.45) is 10.2 Å². The summed E-state index contributed by atoms with van der Waals surface area (Å²) in [6.07, 6.45) is 0. The van der Waals surface area contributed by atoms with E-state index < -0.39 is 44.5 Å². The number of sulfone groups is 1. The fourth-order valence-corrected chi connectivity index (χ4v) is 4.64. The summed E-state index contributed by atoms with van der Waals surface area (Å²) in [7, 11) is -8.67. The molecule has 0 aromatic heterocycles. The summed E-state index contributed by atoms with van der Waals surface area (Å²) in [5.41, 5.74) is 7.32. The van der Waals surface area contributed by atoms with Crippen LogP contribution in [0.5, 0.6) is 0 Å². The second kappa shape index (κ2) is 11.5. The van der Waals surface area contributed by atoms with Crippen LogP contribution in [-0.2, 0) is 24.4 Å². The van der Waals surface area contributed by atoms with Crippen molar-refractivity contribution in [1.29, 1.82) is 0 Å². The number of nitrogen functional groups attached to an aromatic ring is 1. The number of amides is 1. The molecule has 0 radical (unpaired) electrons. The van der Waals surface area contributed by atoms with Crippen molar-refractivity contribution in [3.63, 3.8) is 0 Å². The van der Waals surface area contributed by atoms with Crippen molar-refractivity contribution >= 4 is 54.9 Å². The number of aromatic carboxylic acids is 1. The molecule has 200 valence electrons. The van der Waals surface area contributed by atoms with Gasteiger partial charge >= 0.3 is 16.4 Å². The normalized spacial score (nSPS) is 11.9. The minimum atomic E-state index is -4.76. The number of aryl methyl sites for hydroxylation is 1. The molecule has 0 aliphatic heterocycles. The van der Waals surface area contributed by atoms with Crippen molar-refractivity contribution in [1.82, 2.24) is 0 Å². The van der Waals surface area contributed by atoms with E-state index in [1.807, 2.05) is 0 Å². The molecule has 0 spiro atoms. The third-order valence-corrected chi connectivity index (χ3v) is 7.25. The predicted octanol–water partition coefficient (Wildman–Crippen LogP) is 3.54. The van der Waals surface area contributed by atoms with Crippen molar-refractivity contribution in [2.75, 3.05) is 23.4 Å². The van der Waals surface area contributed by atoms with Crippen LogP contribution < -0.4 is 11.1 Å². The number of carbonyl (C=O) groups excluding carboxylic acids is 1. The van der Waals surface area contributed by atoms with E-state index in [9.17, 15) is 31.5 Å². The lowest BCUT2D eigenvalue weighted by Crippen LogP contribution is -2.16. The number of carbonyl (C=O) groups is 2. The highest BCUT2D eigenvalue weighted by molar-refractivity contribution is 7.91. The zero-order valence-corrected chi connectivity index (χ0v) is 21.4. The molecular weight excluding hydrogens is 540 g/mol. The van der Waals surface area contributed by atoms with E-state index >= 15 is 0 Å². The highest BCUT2D eigenvalue weighted by Crippen LogP contribution is 2.32. The molecule has 15 heteroatoms. The number of hydrogen-bond acceptors (Lipinski definition) is 10. The fourth-order valence-electron chi connectivity index (χ4n) is 3.15. The van der Waals surface area contributed by atoms with Crippen LogP contribution in [0.1, 0.15) is 26.3 Å². The number of carboxylic acids is 1. The molecule has 0 aliphatic rings. The number of hydrogen-bond donors (Lipinski definition) is 4. The Bertz CT molecular complexity index is 1620. The molecule has 13 nitrogen and oxygen atoms in total. The molecule has 0 heterocycles. The number of nitrogens with one attached hydrogen (secondary N) is 1. The minimum absolute atomic E-state index is 0.0687. The maximum absolute atomic E-state index is 12.8. The summed E-state index contributed by atoms with van der Waals surface area (Å²) in [6.45, 7) is 0.954. The predicted molar refractivity (Wildman–Crippen MR) is 137 cm³/mol. The molecule has 0 bridgehead atoms. The van der Waals surface area contributed by atoms with Crippen molar-refractivity contribution < 1.29 is 40.3 Å². The Labute approximate surface area is 217 Å². The van der Waals surface area contributed by atoms with Gasteiger partial charge in [0, 0.05) is 5.69 Å². The van der Waals surface area contributed by atoms with Crippen LogP contribution in [0.15, 0.2) is 75.8 Å². The van der Waals surface area contributed by atoms with Gasteiger partial charge in [0.05, 0.1) is 39.8 Å². The number of nitrogens with zero attached hydrogens (tertiary/aromatic N) is 2. The maximum Gasteiger partial charge on any atom is 0.397 e. The molecular formula is C23H22N4O9S2. The van der Waals surface area contributed by atoms with Crippen LogP contribution in [0.25, 0.3) is 0 Å². The lowest BCUT2D eigenvalue weighted by atomic mass is 10.1. The van der Waals surface area contributed by atoms with Gasteiger partial charge in [0.1, 0.15) is 5.69 Å². The summed E-state index contributed by atoms with van der Waals surface area (Å²) in [5, 5.41) is 20.1. The molecule has 0 atom stereocenters. The second-order valence-electron chi connectivity index (χ2n) is 7.79. The third-order valence-electron chi connectivity index (χ3n) is 5.09. The number of nitrogens with two attached hydrogens (primary N) is 1. The van der Waals surface area contributed by atoms with Crippen LogP contribution >= 0.6 is 0 Å². The molecule has 0 unspecified atom stereocenters. The Kier molecular flexibility index (Phi) is 8.57. The van der Waals surface area contributed by atoms with Crippen molar-refractivity contribution in [2.45, 2.75) is 11.8 Å². The van der Waals surface area contributed by atoms with Gasteiger partial charge in [-0.3, -0.25) is 9.35 Å². The van der Waals surface area contributed by atoms with E-state index in [1.54, 1.807) is 13.0 Å². The van der Waals surface area contributed by atoms with Gasteiger partial charge in [-0.15, -0.1) is 5.11 Å². The summed E-state index contributed by atoms with van der Waals surface area (Å²) in [4.78, 5) is 24.2. The Balaban J connectivity index is 1.82. The summed E-state index contributed by atoms with van der Waals surface area (Å²) in [6, 6.07) is 13.9. The first-order valence-electron chi connectivity index (χ1n) is 10.7. The van der Waals surface area contributed by atoms with Gasteiger partial charge in [-0.25, -0.2) is 17.4 Å². The molecule has 3 rings (SSSR count). The molecule has 0 fully saturated rings. The smallest absolute Gasteiger partial charge is 0.397 e. The zero-order chi connectivity index (χ0) is 28.1. The van der Waals surface area contributed by atoms with Gasteiger partial charge in [0.15, 0.2) is 9.84 Å². The highest BCUT2D eigenvalue weighted by atomic mass is 32.3. The van der Waals surface area contributed by atoms with Crippen LogP contribution in [0.2, 0.25) is 0 Å². The molecule has 3 aromatic carbocycles. The van der Waals surface area contributed by atoms with E-state index in [1.165, 1.54) is 54.6 Å². The molecule has 5 N–H and O–H groups in total. The van der Waals surface area contributed by atoms with E-state index in [0.29, 0.717) is 11.3 Å². The van der Waals surface area contributed by atoms with E-state index in [0.717, 1.165) is 0 Å². The Morgan fingerprint density at radius 3 is 2.21 bits per heavy atom. The summed E-state index contributed by atoms with van der Waals surface area (Å²) < 4.78 is 58.4. The monoisotopic (exact) mass is 562 g/mol. The maximum atomic E-state index is 12.8. The quantitative estimate of drug-likeness (QED) is 0.160. The second-order valence-corrected chi connectivity index (χ2v) is 11.0. The van der Waals surface area contributed by atoms with Crippen molar-refractivity contribution in [3.8, 4) is 0 Å². The SMILES string of the molecule is Cc1cc(N=Nc2ccc(S(=O)(=O)CCOS(=O)(=O)O)cc2)c(NC(=O)c2ccccc2C(=O)O)cc1N. The van der Waals surface area contributed by atoms with Crippen LogP contribution in [0.4, 0.5) is 22.7 Å². The van der Waals surface area contributed by atoms with Crippen LogP contribution in [0.3, 0.4) is 0 Å². The van der Waals surface area contributed by atoms with Gasteiger partial charge in [-0.2, -0.15) is 13.5 Å². The van der Waals surface area contributed by atoms with Gasteiger partial charge in [-0.05, 0) is 61.0 Å². The standard InChI is InChI=1S/C23H22N4O9S2/c1-14-12-21(20(13-19(14)24)25-22(28)17-4-2-3-5-18(17)23(29)30)27-26-15-6-8-16(9-7-15)37(31,32)11-10-36-38(33,34)35/h2-9,12-13H,10-11,24H2,1H3,(H,25,28)(H,29,30)(H,33,34,35). The molecule has 1 amide bonds. The minimum Gasteiger partial charge on any atom is -0.478 e. The van der Waals surface area contributed by atoms with Gasteiger partial charge in [0.2, 0.25) is 0 Å². The third kappa shape index (κ3) is 7.42. The first-order chi connectivity index (χ1) is 17.8. The molecule has 3 aromatic rings.